The third-order valence-corrected chi connectivity index (χ3v) is 3.31. The molecule has 0 aromatic heterocycles. The van der Waals surface area contributed by atoms with Gasteiger partial charge >= 0.3 is 0 Å². The molecule has 122 valence electrons. The Labute approximate surface area is 126 Å². The highest BCUT2D eigenvalue weighted by Crippen LogP contribution is 2.22. The molecule has 0 radical (unpaired) electrons. The maximum atomic E-state index is 11.7. The van der Waals surface area contributed by atoms with Crippen LogP contribution in [0.1, 0.15) is 19.3 Å². The van der Waals surface area contributed by atoms with Crippen LogP contribution in [0.25, 0.3) is 0 Å². The molecule has 0 fully saturated rings. The number of hydrogen-bond acceptors (Lipinski definition) is 7. The molecule has 1 rings (SSSR count). The molecule has 2 amide bonds. The van der Waals surface area contributed by atoms with Crippen LogP contribution in [-0.4, -0.2) is 63.4 Å². The predicted molar refractivity (Wildman–Crippen MR) is 74.3 cm³/mol. The van der Waals surface area contributed by atoms with E-state index in [0.717, 1.165) is 6.08 Å². The van der Waals surface area contributed by atoms with Crippen molar-refractivity contribution in [3.05, 3.63) is 23.3 Å². The van der Waals surface area contributed by atoms with Crippen LogP contribution < -0.4 is 5.32 Å². The van der Waals surface area contributed by atoms with Crippen LogP contribution in [-0.2, 0) is 14.4 Å². The SMILES string of the molecule is O=C/C=C/C1=C(CC[C@H](O)[C@H](O)[C@H](O)CO)CC(=O)NC1=O. The summed E-state index contributed by atoms with van der Waals surface area (Å²) in [5.74, 6) is -1.12. The van der Waals surface area contributed by atoms with E-state index in [1.165, 1.54) is 6.08 Å². The summed E-state index contributed by atoms with van der Waals surface area (Å²) in [6.07, 6.45) is -1.42. The van der Waals surface area contributed by atoms with E-state index in [4.69, 9.17) is 5.11 Å². The molecule has 8 nitrogen and oxygen atoms in total. The van der Waals surface area contributed by atoms with E-state index in [1.54, 1.807) is 0 Å². The van der Waals surface area contributed by atoms with Gasteiger partial charge in [0.15, 0.2) is 0 Å². The number of imide groups is 1. The molecule has 22 heavy (non-hydrogen) atoms. The molecule has 0 aliphatic carbocycles. The van der Waals surface area contributed by atoms with Crippen molar-refractivity contribution in [2.24, 2.45) is 0 Å². The van der Waals surface area contributed by atoms with Crippen LogP contribution in [0, 0.1) is 0 Å². The van der Waals surface area contributed by atoms with Gasteiger partial charge in [0.25, 0.3) is 5.91 Å². The van der Waals surface area contributed by atoms with E-state index >= 15 is 0 Å². The van der Waals surface area contributed by atoms with Gasteiger partial charge in [-0.25, -0.2) is 0 Å². The quantitative estimate of drug-likeness (QED) is 0.197. The van der Waals surface area contributed by atoms with Crippen LogP contribution in [0.5, 0.6) is 0 Å². The monoisotopic (exact) mass is 313 g/mol. The number of nitrogens with one attached hydrogen (secondary N) is 1. The van der Waals surface area contributed by atoms with Crippen molar-refractivity contribution in [3.63, 3.8) is 0 Å². The van der Waals surface area contributed by atoms with Crippen molar-refractivity contribution >= 4 is 18.1 Å². The van der Waals surface area contributed by atoms with E-state index < -0.39 is 36.7 Å². The highest BCUT2D eigenvalue weighted by atomic mass is 16.4. The first-order chi connectivity index (χ1) is 10.4. The normalized spacial score (nSPS) is 20.0. The number of rotatable bonds is 8. The largest absolute Gasteiger partial charge is 0.394 e. The lowest BCUT2D eigenvalue weighted by molar-refractivity contribution is -0.129. The maximum Gasteiger partial charge on any atom is 0.257 e. The number of hydrogen-bond donors (Lipinski definition) is 5. The number of aliphatic hydroxyl groups excluding tert-OH is 4. The van der Waals surface area contributed by atoms with Crippen molar-refractivity contribution in [1.29, 1.82) is 0 Å². The zero-order valence-corrected chi connectivity index (χ0v) is 11.8. The maximum absolute atomic E-state index is 11.7. The summed E-state index contributed by atoms with van der Waals surface area (Å²) >= 11 is 0. The van der Waals surface area contributed by atoms with Gasteiger partial charge in [-0.15, -0.1) is 0 Å². The second kappa shape index (κ2) is 8.54. The Morgan fingerprint density at radius 2 is 1.86 bits per heavy atom. The molecule has 0 unspecified atom stereocenters. The molecule has 3 atom stereocenters. The summed E-state index contributed by atoms with van der Waals surface area (Å²) in [6.45, 7) is -0.699. The Kier molecular flexibility index (Phi) is 7.06. The summed E-state index contributed by atoms with van der Waals surface area (Å²) in [6, 6.07) is 0. The summed E-state index contributed by atoms with van der Waals surface area (Å²) < 4.78 is 0. The van der Waals surface area contributed by atoms with Gasteiger partial charge in [0.2, 0.25) is 5.91 Å². The van der Waals surface area contributed by atoms with Crippen LogP contribution in [0.2, 0.25) is 0 Å². The van der Waals surface area contributed by atoms with Crippen molar-refractivity contribution in [1.82, 2.24) is 5.32 Å². The Bertz CT molecular complexity index is 497. The minimum atomic E-state index is -1.53. The van der Waals surface area contributed by atoms with Gasteiger partial charge in [0, 0.05) is 12.0 Å². The molecule has 0 aromatic carbocycles. The topological polar surface area (TPSA) is 144 Å². The van der Waals surface area contributed by atoms with Gasteiger partial charge < -0.3 is 20.4 Å². The van der Waals surface area contributed by atoms with Crippen LogP contribution in [0.3, 0.4) is 0 Å². The molecule has 5 N–H and O–H groups in total. The molecular weight excluding hydrogens is 294 g/mol. The number of carbonyl (C=O) groups excluding carboxylic acids is 3. The van der Waals surface area contributed by atoms with Gasteiger partial charge in [0.05, 0.1) is 12.7 Å². The summed E-state index contributed by atoms with van der Waals surface area (Å²) in [4.78, 5) is 33.5. The summed E-state index contributed by atoms with van der Waals surface area (Å²) in [5, 5.41) is 39.4. The number of aldehydes is 1. The Morgan fingerprint density at radius 3 is 2.45 bits per heavy atom. The lowest BCUT2D eigenvalue weighted by Gasteiger charge is -2.23. The molecule has 0 bridgehead atoms. The molecule has 0 saturated carbocycles. The Balaban J connectivity index is 2.82. The number of amides is 2. The van der Waals surface area contributed by atoms with Crippen molar-refractivity contribution in [2.45, 2.75) is 37.6 Å². The molecule has 1 heterocycles. The van der Waals surface area contributed by atoms with Gasteiger partial charge in [-0.2, -0.15) is 0 Å². The zero-order valence-electron chi connectivity index (χ0n) is 11.8. The standard InChI is InChI=1S/C14H19NO7/c16-5-1-2-9-8(6-12(20)15-14(9)22)3-4-10(18)13(21)11(19)7-17/h1-2,5,10-11,13,17-19,21H,3-4,6-7H2,(H,15,20,22)/b2-1+/t10-,11+,13-/m0/s1. The first kappa shape index (κ1) is 18.2. The molecule has 8 heteroatoms. The lowest BCUT2D eigenvalue weighted by atomic mass is 9.92. The van der Waals surface area contributed by atoms with Crippen molar-refractivity contribution < 1.29 is 34.8 Å². The molecule has 1 aliphatic rings. The van der Waals surface area contributed by atoms with E-state index in [2.05, 4.69) is 5.32 Å². The second-order valence-electron chi connectivity index (χ2n) is 4.91. The smallest absolute Gasteiger partial charge is 0.257 e. The minimum absolute atomic E-state index is 0.0213. The fourth-order valence-electron chi connectivity index (χ4n) is 2.10. The average molecular weight is 313 g/mol. The predicted octanol–water partition coefficient (Wildman–Crippen LogP) is -2.06. The number of allylic oxidation sites excluding steroid dienone is 1. The first-order valence-corrected chi connectivity index (χ1v) is 6.73. The third kappa shape index (κ3) is 4.85. The van der Waals surface area contributed by atoms with Crippen LogP contribution in [0.15, 0.2) is 23.3 Å². The van der Waals surface area contributed by atoms with E-state index in [0.29, 0.717) is 11.9 Å². The van der Waals surface area contributed by atoms with Gasteiger partial charge in [0.1, 0.15) is 18.5 Å². The molecule has 1 aliphatic heterocycles. The molecule has 0 saturated heterocycles. The van der Waals surface area contributed by atoms with Crippen LogP contribution in [0.4, 0.5) is 0 Å². The average Bonchev–Trinajstić information content (AvgIpc) is 2.49. The molecule has 0 spiro atoms. The minimum Gasteiger partial charge on any atom is -0.394 e. The number of aliphatic hydroxyl groups is 4. The molecular formula is C14H19NO7. The summed E-state index contributed by atoms with van der Waals surface area (Å²) in [7, 11) is 0. The Hall–Kier alpha value is -1.87. The van der Waals surface area contributed by atoms with Gasteiger partial charge in [-0.05, 0) is 30.6 Å². The molecule has 0 aromatic rings. The fourth-order valence-corrected chi connectivity index (χ4v) is 2.10. The van der Waals surface area contributed by atoms with Gasteiger partial charge in [-0.1, -0.05) is 0 Å². The highest BCUT2D eigenvalue weighted by Gasteiger charge is 2.27. The van der Waals surface area contributed by atoms with Crippen molar-refractivity contribution in [3.8, 4) is 0 Å². The van der Waals surface area contributed by atoms with Crippen LogP contribution >= 0.6 is 0 Å². The second-order valence-corrected chi connectivity index (χ2v) is 4.91. The highest BCUT2D eigenvalue weighted by molar-refractivity contribution is 6.10. The third-order valence-electron chi connectivity index (χ3n) is 3.31. The summed E-state index contributed by atoms with van der Waals surface area (Å²) in [5.41, 5.74) is 0.590. The Morgan fingerprint density at radius 1 is 1.18 bits per heavy atom. The van der Waals surface area contributed by atoms with Crippen molar-refractivity contribution in [2.75, 3.05) is 6.61 Å². The van der Waals surface area contributed by atoms with E-state index in [9.17, 15) is 29.7 Å². The van der Waals surface area contributed by atoms with E-state index in [-0.39, 0.29) is 24.8 Å². The lowest BCUT2D eigenvalue weighted by Crippen LogP contribution is -2.40. The number of carbonyl (C=O) groups is 3. The first-order valence-electron chi connectivity index (χ1n) is 6.73. The van der Waals surface area contributed by atoms with E-state index in [1.807, 2.05) is 0 Å². The zero-order chi connectivity index (χ0) is 16.7. The fraction of sp³-hybridized carbons (Fsp3) is 0.500. The van der Waals surface area contributed by atoms with Gasteiger partial charge in [-0.3, -0.25) is 19.7 Å².